The van der Waals surface area contributed by atoms with E-state index in [2.05, 4.69) is 15.9 Å². The summed E-state index contributed by atoms with van der Waals surface area (Å²) < 4.78 is 14.4. The lowest BCUT2D eigenvalue weighted by Crippen LogP contribution is -1.97. The van der Waals surface area contributed by atoms with Crippen LogP contribution in [0.15, 0.2) is 10.5 Å². The van der Waals surface area contributed by atoms with Crippen molar-refractivity contribution in [2.24, 2.45) is 0 Å². The van der Waals surface area contributed by atoms with Crippen LogP contribution in [0.2, 0.25) is 0 Å². The highest BCUT2D eigenvalue weighted by atomic mass is 127. The second-order valence-electron chi connectivity index (χ2n) is 2.19. The zero-order valence-electron chi connectivity index (χ0n) is 5.79. The molecule has 0 unspecified atom stereocenters. The Morgan fingerprint density at radius 2 is 2.18 bits per heavy atom. The molecule has 0 radical (unpaired) electrons. The molecule has 60 valence electrons. The van der Waals surface area contributed by atoms with Crippen molar-refractivity contribution in [1.29, 1.82) is 0 Å². The Morgan fingerprint density at radius 1 is 1.64 bits per heavy atom. The Bertz CT molecular complexity index is 275. The lowest BCUT2D eigenvalue weighted by atomic mass is 10.2. The monoisotopic (exact) mass is 329 g/mol. The zero-order chi connectivity index (χ0) is 8.59. The van der Waals surface area contributed by atoms with E-state index < -0.39 is 0 Å². The maximum atomic E-state index is 12.9. The van der Waals surface area contributed by atoms with Crippen LogP contribution in [-0.2, 0) is 0 Å². The highest BCUT2D eigenvalue weighted by Crippen LogP contribution is 2.28. The Labute approximate surface area is 86.4 Å². The smallest absolute Gasteiger partial charge is 0.148 e. The van der Waals surface area contributed by atoms with E-state index in [4.69, 9.17) is 5.73 Å². The summed E-state index contributed by atoms with van der Waals surface area (Å²) in [5.74, 6) is -0.369. The average molecular weight is 330 g/mol. The van der Waals surface area contributed by atoms with Crippen LogP contribution in [0.5, 0.6) is 0 Å². The first-order valence-electron chi connectivity index (χ1n) is 2.93. The molecule has 1 nitrogen and oxygen atoms in total. The van der Waals surface area contributed by atoms with Crippen molar-refractivity contribution >= 4 is 44.2 Å². The minimum Gasteiger partial charge on any atom is -0.395 e. The van der Waals surface area contributed by atoms with Gasteiger partial charge < -0.3 is 5.73 Å². The molecule has 0 saturated carbocycles. The molecule has 0 spiro atoms. The van der Waals surface area contributed by atoms with Gasteiger partial charge in [-0.05, 0) is 41.1 Å². The molecule has 4 heteroatoms. The summed E-state index contributed by atoms with van der Waals surface area (Å²) >= 11 is 5.26. The van der Waals surface area contributed by atoms with Crippen LogP contribution >= 0.6 is 38.5 Å². The third-order valence-electron chi connectivity index (χ3n) is 1.43. The van der Waals surface area contributed by atoms with E-state index in [1.807, 2.05) is 29.5 Å². The van der Waals surface area contributed by atoms with Crippen molar-refractivity contribution in [3.05, 3.63) is 25.5 Å². The summed E-state index contributed by atoms with van der Waals surface area (Å²) in [7, 11) is 0. The SMILES string of the molecule is Cc1c(Br)cc(F)c(N)c1I. The number of hydrogen-bond donors (Lipinski definition) is 1. The molecule has 0 aliphatic rings. The van der Waals surface area contributed by atoms with Gasteiger partial charge in [0.15, 0.2) is 0 Å². The molecule has 0 aliphatic carbocycles. The van der Waals surface area contributed by atoms with E-state index in [1.54, 1.807) is 0 Å². The molecule has 1 aromatic carbocycles. The second kappa shape index (κ2) is 3.26. The van der Waals surface area contributed by atoms with Crippen molar-refractivity contribution in [2.75, 3.05) is 5.73 Å². The van der Waals surface area contributed by atoms with E-state index in [9.17, 15) is 4.39 Å². The standard InChI is InChI=1S/C7H6BrFIN/c1-3-4(8)2-5(9)7(11)6(3)10/h2H,11H2,1H3. The molecule has 0 aliphatic heterocycles. The molecule has 0 atom stereocenters. The van der Waals surface area contributed by atoms with Crippen LogP contribution in [0.1, 0.15) is 5.56 Å². The molecular weight excluding hydrogens is 324 g/mol. The predicted octanol–water partition coefficient (Wildman–Crippen LogP) is 3.08. The molecular formula is C7H6BrFIN. The van der Waals surface area contributed by atoms with Gasteiger partial charge in [-0.25, -0.2) is 4.39 Å². The van der Waals surface area contributed by atoms with Gasteiger partial charge in [0.25, 0.3) is 0 Å². The van der Waals surface area contributed by atoms with Crippen LogP contribution in [0.25, 0.3) is 0 Å². The van der Waals surface area contributed by atoms with Crippen molar-refractivity contribution in [3.8, 4) is 0 Å². The van der Waals surface area contributed by atoms with Gasteiger partial charge in [-0.2, -0.15) is 0 Å². The Morgan fingerprint density at radius 3 is 2.73 bits per heavy atom. The van der Waals surface area contributed by atoms with Crippen LogP contribution in [0.4, 0.5) is 10.1 Å². The maximum absolute atomic E-state index is 12.9. The quantitative estimate of drug-likeness (QED) is 0.574. The lowest BCUT2D eigenvalue weighted by molar-refractivity contribution is 0.630. The first-order chi connectivity index (χ1) is 5.04. The van der Waals surface area contributed by atoms with Crippen molar-refractivity contribution in [2.45, 2.75) is 6.92 Å². The predicted molar refractivity (Wildman–Crippen MR) is 56.0 cm³/mol. The highest BCUT2D eigenvalue weighted by molar-refractivity contribution is 14.1. The molecule has 1 rings (SSSR count). The van der Waals surface area contributed by atoms with E-state index in [-0.39, 0.29) is 11.5 Å². The number of hydrogen-bond acceptors (Lipinski definition) is 1. The minimum atomic E-state index is -0.369. The summed E-state index contributed by atoms with van der Waals surface area (Å²) in [5, 5.41) is 0. The fourth-order valence-corrected chi connectivity index (χ4v) is 2.03. The van der Waals surface area contributed by atoms with Gasteiger partial charge in [-0.3, -0.25) is 0 Å². The molecule has 0 aromatic heterocycles. The summed E-state index contributed by atoms with van der Waals surface area (Å²) in [6, 6.07) is 1.38. The number of rotatable bonds is 0. The van der Waals surface area contributed by atoms with Crippen LogP contribution in [0, 0.1) is 16.3 Å². The molecule has 0 heterocycles. The topological polar surface area (TPSA) is 26.0 Å². The summed E-state index contributed by atoms with van der Waals surface area (Å²) in [6.07, 6.45) is 0. The average Bonchev–Trinajstić information content (AvgIpc) is 1.97. The molecule has 0 fully saturated rings. The van der Waals surface area contributed by atoms with Crippen molar-refractivity contribution in [3.63, 3.8) is 0 Å². The van der Waals surface area contributed by atoms with E-state index in [0.29, 0.717) is 0 Å². The summed E-state index contributed by atoms with van der Waals surface area (Å²) in [6.45, 7) is 1.89. The molecule has 0 bridgehead atoms. The molecule has 0 amide bonds. The second-order valence-corrected chi connectivity index (χ2v) is 4.13. The van der Waals surface area contributed by atoms with Crippen molar-refractivity contribution < 1.29 is 4.39 Å². The number of benzene rings is 1. The highest BCUT2D eigenvalue weighted by Gasteiger charge is 2.08. The van der Waals surface area contributed by atoms with Crippen LogP contribution in [-0.4, -0.2) is 0 Å². The number of nitrogen functional groups attached to an aromatic ring is 1. The van der Waals surface area contributed by atoms with Crippen LogP contribution < -0.4 is 5.73 Å². The summed E-state index contributed by atoms with van der Waals surface area (Å²) in [5.41, 5.74) is 6.65. The lowest BCUT2D eigenvalue weighted by Gasteiger charge is -2.05. The van der Waals surface area contributed by atoms with Gasteiger partial charge >= 0.3 is 0 Å². The molecule has 2 N–H and O–H groups in total. The van der Waals surface area contributed by atoms with Gasteiger partial charge in [0.1, 0.15) is 5.82 Å². The Kier molecular flexibility index (Phi) is 2.74. The first kappa shape index (κ1) is 9.25. The van der Waals surface area contributed by atoms with E-state index in [1.165, 1.54) is 6.07 Å². The van der Waals surface area contributed by atoms with Gasteiger partial charge in [0.2, 0.25) is 0 Å². The number of anilines is 1. The van der Waals surface area contributed by atoms with Gasteiger partial charge in [-0.15, -0.1) is 0 Å². The number of nitrogens with two attached hydrogens (primary N) is 1. The van der Waals surface area contributed by atoms with Crippen molar-refractivity contribution in [1.82, 2.24) is 0 Å². The Hall–Kier alpha value is 0.160. The maximum Gasteiger partial charge on any atom is 0.148 e. The number of halogens is 3. The third-order valence-corrected chi connectivity index (χ3v) is 3.65. The third kappa shape index (κ3) is 1.66. The zero-order valence-corrected chi connectivity index (χ0v) is 9.53. The molecule has 11 heavy (non-hydrogen) atoms. The largest absolute Gasteiger partial charge is 0.395 e. The first-order valence-corrected chi connectivity index (χ1v) is 4.80. The fraction of sp³-hybridized carbons (Fsp3) is 0.143. The van der Waals surface area contributed by atoms with Gasteiger partial charge in [0.05, 0.1) is 5.69 Å². The van der Waals surface area contributed by atoms with E-state index in [0.717, 1.165) is 13.6 Å². The molecule has 0 saturated heterocycles. The molecule has 1 aromatic rings. The normalized spacial score (nSPS) is 10.2. The Balaban J connectivity index is 3.46. The van der Waals surface area contributed by atoms with Gasteiger partial charge in [0, 0.05) is 8.04 Å². The summed E-state index contributed by atoms with van der Waals surface area (Å²) in [4.78, 5) is 0. The van der Waals surface area contributed by atoms with E-state index >= 15 is 0 Å². The minimum absolute atomic E-state index is 0.228. The fourth-order valence-electron chi connectivity index (χ4n) is 0.709. The van der Waals surface area contributed by atoms with Crippen LogP contribution in [0.3, 0.4) is 0 Å². The van der Waals surface area contributed by atoms with Gasteiger partial charge in [-0.1, -0.05) is 15.9 Å².